The number of hydrogen-bond acceptors (Lipinski definition) is 4. The van der Waals surface area contributed by atoms with Gasteiger partial charge in [0.15, 0.2) is 0 Å². The molecule has 19 heavy (non-hydrogen) atoms. The average Bonchev–Trinajstić information content (AvgIpc) is 2.46. The van der Waals surface area contributed by atoms with E-state index in [0.29, 0.717) is 6.61 Å². The minimum Gasteiger partial charge on any atom is -0.462 e. The largest absolute Gasteiger partial charge is 0.462 e. The standard InChI is InChI=1S/C15H20O2S2/c1-2-15(16)17-9-11-19-13-12-18-10-8-14-6-4-3-5-7-14/h2-7H,1,8-13H2. The number of carbonyl (C=O) groups excluding carboxylic acids is 1. The van der Waals surface area contributed by atoms with E-state index < -0.39 is 0 Å². The molecule has 1 aromatic carbocycles. The van der Waals surface area contributed by atoms with Crippen LogP contribution in [0.25, 0.3) is 0 Å². The van der Waals surface area contributed by atoms with Crippen LogP contribution in [0.1, 0.15) is 5.56 Å². The molecule has 0 saturated carbocycles. The molecule has 0 fully saturated rings. The van der Waals surface area contributed by atoms with E-state index in [-0.39, 0.29) is 5.97 Å². The van der Waals surface area contributed by atoms with Crippen LogP contribution >= 0.6 is 23.5 Å². The second-order valence-electron chi connectivity index (χ2n) is 3.83. The van der Waals surface area contributed by atoms with Crippen molar-refractivity contribution >= 4 is 29.5 Å². The van der Waals surface area contributed by atoms with E-state index in [1.54, 1.807) is 0 Å². The third-order valence-corrected chi connectivity index (χ3v) is 4.58. The highest BCUT2D eigenvalue weighted by Gasteiger charge is 1.96. The van der Waals surface area contributed by atoms with E-state index in [1.807, 2.05) is 29.6 Å². The van der Waals surface area contributed by atoms with Gasteiger partial charge in [-0.25, -0.2) is 4.79 Å². The van der Waals surface area contributed by atoms with Crippen LogP contribution in [0.3, 0.4) is 0 Å². The molecule has 0 aliphatic rings. The fourth-order valence-electron chi connectivity index (χ4n) is 1.42. The number of carbonyl (C=O) groups is 1. The van der Waals surface area contributed by atoms with E-state index in [4.69, 9.17) is 4.74 Å². The normalized spacial score (nSPS) is 10.1. The van der Waals surface area contributed by atoms with Gasteiger partial charge in [0, 0.05) is 23.3 Å². The fraction of sp³-hybridized carbons (Fsp3) is 0.400. The molecule has 0 radical (unpaired) electrons. The number of aryl methyl sites for hydroxylation is 1. The Balaban J connectivity index is 1.86. The van der Waals surface area contributed by atoms with Gasteiger partial charge in [-0.1, -0.05) is 36.9 Å². The number of benzene rings is 1. The van der Waals surface area contributed by atoms with E-state index >= 15 is 0 Å². The van der Waals surface area contributed by atoms with Crippen LogP contribution in [-0.4, -0.2) is 35.6 Å². The molecule has 0 unspecified atom stereocenters. The van der Waals surface area contributed by atoms with Gasteiger partial charge in [-0.05, 0) is 17.7 Å². The third kappa shape index (κ3) is 8.78. The summed E-state index contributed by atoms with van der Waals surface area (Å²) in [6.07, 6.45) is 2.33. The smallest absolute Gasteiger partial charge is 0.330 e. The minimum atomic E-state index is -0.335. The highest BCUT2D eigenvalue weighted by atomic mass is 32.2. The van der Waals surface area contributed by atoms with Crippen LogP contribution in [0.15, 0.2) is 43.0 Å². The maximum atomic E-state index is 10.8. The van der Waals surface area contributed by atoms with Crippen molar-refractivity contribution in [1.29, 1.82) is 0 Å². The number of hydrogen-bond donors (Lipinski definition) is 0. The Morgan fingerprint density at radius 3 is 2.47 bits per heavy atom. The van der Waals surface area contributed by atoms with Gasteiger partial charge in [-0.15, -0.1) is 0 Å². The zero-order valence-corrected chi connectivity index (χ0v) is 12.7. The SMILES string of the molecule is C=CC(=O)OCCSCCSCCc1ccccc1. The molecule has 0 spiro atoms. The summed E-state index contributed by atoms with van der Waals surface area (Å²) < 4.78 is 4.89. The van der Waals surface area contributed by atoms with Gasteiger partial charge in [0.2, 0.25) is 0 Å². The zero-order chi connectivity index (χ0) is 13.8. The molecule has 4 heteroatoms. The lowest BCUT2D eigenvalue weighted by Gasteiger charge is -2.03. The Morgan fingerprint density at radius 2 is 1.79 bits per heavy atom. The molecule has 2 nitrogen and oxygen atoms in total. The molecule has 0 atom stereocenters. The summed E-state index contributed by atoms with van der Waals surface area (Å²) in [7, 11) is 0. The molecular weight excluding hydrogens is 276 g/mol. The van der Waals surface area contributed by atoms with Crippen LogP contribution in [0.4, 0.5) is 0 Å². The second-order valence-corrected chi connectivity index (χ2v) is 6.28. The molecule has 0 N–H and O–H groups in total. The first-order chi connectivity index (χ1) is 9.33. The maximum Gasteiger partial charge on any atom is 0.330 e. The number of rotatable bonds is 10. The zero-order valence-electron chi connectivity index (χ0n) is 11.0. The van der Waals surface area contributed by atoms with Crippen molar-refractivity contribution < 1.29 is 9.53 Å². The van der Waals surface area contributed by atoms with Crippen LogP contribution in [0, 0.1) is 0 Å². The van der Waals surface area contributed by atoms with Crippen molar-refractivity contribution in [2.75, 3.05) is 29.6 Å². The first kappa shape index (κ1) is 16.2. The lowest BCUT2D eigenvalue weighted by Crippen LogP contribution is -2.04. The Morgan fingerprint density at radius 1 is 1.11 bits per heavy atom. The van der Waals surface area contributed by atoms with Crippen LogP contribution < -0.4 is 0 Å². The summed E-state index contributed by atoms with van der Waals surface area (Å²) in [5.74, 6) is 3.94. The topological polar surface area (TPSA) is 26.3 Å². The predicted molar refractivity (Wildman–Crippen MR) is 86.0 cm³/mol. The summed E-state index contributed by atoms with van der Waals surface area (Å²) >= 11 is 3.79. The van der Waals surface area contributed by atoms with Crippen LogP contribution in [-0.2, 0) is 16.0 Å². The van der Waals surface area contributed by atoms with Crippen molar-refractivity contribution in [1.82, 2.24) is 0 Å². The first-order valence-corrected chi connectivity index (χ1v) is 8.62. The van der Waals surface area contributed by atoms with Gasteiger partial charge in [-0.2, -0.15) is 23.5 Å². The van der Waals surface area contributed by atoms with Gasteiger partial charge in [0.25, 0.3) is 0 Å². The summed E-state index contributed by atoms with van der Waals surface area (Å²) in [5, 5.41) is 0. The molecule has 104 valence electrons. The lowest BCUT2D eigenvalue weighted by molar-refractivity contribution is -0.137. The monoisotopic (exact) mass is 296 g/mol. The summed E-state index contributed by atoms with van der Waals surface area (Å²) in [6.45, 7) is 3.83. The minimum absolute atomic E-state index is 0.335. The average molecular weight is 296 g/mol. The van der Waals surface area contributed by atoms with E-state index in [2.05, 4.69) is 30.8 Å². The van der Waals surface area contributed by atoms with E-state index in [1.165, 1.54) is 11.6 Å². The van der Waals surface area contributed by atoms with Gasteiger partial charge in [0.05, 0.1) is 0 Å². The highest BCUT2D eigenvalue weighted by Crippen LogP contribution is 2.10. The fourth-order valence-corrected chi connectivity index (χ4v) is 3.35. The predicted octanol–water partition coefficient (Wildman–Crippen LogP) is 3.42. The molecule has 0 aliphatic heterocycles. The van der Waals surface area contributed by atoms with E-state index in [9.17, 15) is 4.79 Å². The number of ether oxygens (including phenoxy) is 1. The Labute approximate surface area is 124 Å². The summed E-state index contributed by atoms with van der Waals surface area (Å²) in [6, 6.07) is 10.6. The van der Waals surface area contributed by atoms with Crippen molar-refractivity contribution in [2.24, 2.45) is 0 Å². The van der Waals surface area contributed by atoms with Crippen molar-refractivity contribution in [2.45, 2.75) is 6.42 Å². The van der Waals surface area contributed by atoms with Crippen molar-refractivity contribution in [3.05, 3.63) is 48.6 Å². The van der Waals surface area contributed by atoms with Gasteiger partial charge in [0.1, 0.15) is 6.61 Å². The van der Waals surface area contributed by atoms with Crippen LogP contribution in [0.2, 0.25) is 0 Å². The van der Waals surface area contributed by atoms with Gasteiger partial charge >= 0.3 is 5.97 Å². The lowest BCUT2D eigenvalue weighted by atomic mass is 10.2. The molecule has 0 amide bonds. The molecule has 0 bridgehead atoms. The number of esters is 1. The third-order valence-electron chi connectivity index (χ3n) is 2.39. The van der Waals surface area contributed by atoms with Gasteiger partial charge in [-0.3, -0.25) is 0 Å². The molecule has 0 saturated heterocycles. The molecule has 1 rings (SSSR count). The second kappa shape index (κ2) is 11.0. The quantitative estimate of drug-likeness (QED) is 0.375. The van der Waals surface area contributed by atoms with Crippen molar-refractivity contribution in [3.8, 4) is 0 Å². The molecular formula is C15H20O2S2. The first-order valence-electron chi connectivity index (χ1n) is 6.31. The van der Waals surface area contributed by atoms with Gasteiger partial charge < -0.3 is 4.74 Å². The maximum absolute atomic E-state index is 10.8. The van der Waals surface area contributed by atoms with E-state index in [0.717, 1.165) is 29.4 Å². The molecule has 0 aliphatic carbocycles. The van der Waals surface area contributed by atoms with Crippen molar-refractivity contribution in [3.63, 3.8) is 0 Å². The summed E-state index contributed by atoms with van der Waals surface area (Å²) in [5.41, 5.74) is 1.40. The molecule has 1 aromatic rings. The summed E-state index contributed by atoms with van der Waals surface area (Å²) in [4.78, 5) is 10.8. The van der Waals surface area contributed by atoms with Crippen LogP contribution in [0.5, 0.6) is 0 Å². The molecule has 0 aromatic heterocycles. The Hall–Kier alpha value is -0.870. The Kier molecular flexibility index (Phi) is 9.37. The highest BCUT2D eigenvalue weighted by molar-refractivity contribution is 8.02. The number of thioether (sulfide) groups is 2. The Bertz CT molecular complexity index is 366. The molecule has 0 heterocycles.